The lowest BCUT2D eigenvalue weighted by molar-refractivity contribution is -0.119. The Labute approximate surface area is 110 Å². The molecule has 0 aromatic rings. The summed E-state index contributed by atoms with van der Waals surface area (Å²) in [5.41, 5.74) is 0. The van der Waals surface area contributed by atoms with Crippen LogP contribution in [0.15, 0.2) is 4.99 Å². The van der Waals surface area contributed by atoms with Crippen LogP contribution in [0.25, 0.3) is 0 Å². The van der Waals surface area contributed by atoms with E-state index < -0.39 is 0 Å². The van der Waals surface area contributed by atoms with Crippen molar-refractivity contribution >= 4 is 11.9 Å². The van der Waals surface area contributed by atoms with Gasteiger partial charge in [0, 0.05) is 26.2 Å². The minimum atomic E-state index is -0.0566. The monoisotopic (exact) mass is 258 g/mol. The maximum Gasteiger partial charge on any atom is 0.241 e. The van der Waals surface area contributed by atoms with Gasteiger partial charge in [0.15, 0.2) is 5.96 Å². The second kappa shape index (κ2) is 12.2. The van der Waals surface area contributed by atoms with E-state index in [2.05, 4.69) is 20.9 Å². The van der Waals surface area contributed by atoms with Gasteiger partial charge in [-0.25, -0.2) is 4.99 Å². The average molecular weight is 258 g/mol. The summed E-state index contributed by atoms with van der Waals surface area (Å²) < 4.78 is 5.22. The zero-order valence-electron chi connectivity index (χ0n) is 11.7. The molecule has 0 bridgehead atoms. The Bertz CT molecular complexity index is 244. The third-order valence-electron chi connectivity index (χ3n) is 2.04. The summed E-state index contributed by atoms with van der Waals surface area (Å²) in [6, 6.07) is 0. The number of amides is 1. The van der Waals surface area contributed by atoms with E-state index in [1.807, 2.05) is 20.8 Å². The van der Waals surface area contributed by atoms with Gasteiger partial charge in [-0.3, -0.25) is 4.79 Å². The van der Waals surface area contributed by atoms with Gasteiger partial charge in [0.1, 0.15) is 6.54 Å². The average Bonchev–Trinajstić information content (AvgIpc) is 2.38. The summed E-state index contributed by atoms with van der Waals surface area (Å²) in [4.78, 5) is 15.6. The van der Waals surface area contributed by atoms with Gasteiger partial charge in [0.25, 0.3) is 0 Å². The first-order valence-corrected chi connectivity index (χ1v) is 6.61. The van der Waals surface area contributed by atoms with Crippen molar-refractivity contribution in [1.29, 1.82) is 0 Å². The largest absolute Gasteiger partial charge is 0.380 e. The first kappa shape index (κ1) is 16.7. The van der Waals surface area contributed by atoms with Gasteiger partial charge in [-0.2, -0.15) is 0 Å². The minimum absolute atomic E-state index is 0.0566. The zero-order chi connectivity index (χ0) is 13.6. The summed E-state index contributed by atoms with van der Waals surface area (Å²) in [7, 11) is 0. The number of nitrogens with one attached hydrogen (secondary N) is 3. The van der Waals surface area contributed by atoms with E-state index >= 15 is 0 Å². The molecule has 3 N–H and O–H groups in total. The molecular weight excluding hydrogens is 232 g/mol. The molecular formula is C12H26N4O2. The summed E-state index contributed by atoms with van der Waals surface area (Å²) in [5, 5.41) is 8.96. The number of carbonyl (C=O) groups excluding carboxylic acids is 1. The van der Waals surface area contributed by atoms with Gasteiger partial charge in [-0.15, -0.1) is 0 Å². The highest BCUT2D eigenvalue weighted by atomic mass is 16.5. The number of aliphatic imine (C=N–C) groups is 1. The normalized spacial score (nSPS) is 11.2. The Hall–Kier alpha value is -1.30. The molecule has 0 aliphatic carbocycles. The van der Waals surface area contributed by atoms with Crippen molar-refractivity contribution < 1.29 is 9.53 Å². The van der Waals surface area contributed by atoms with Crippen LogP contribution in [-0.4, -0.2) is 51.3 Å². The van der Waals surface area contributed by atoms with E-state index in [0.29, 0.717) is 32.3 Å². The lowest BCUT2D eigenvalue weighted by atomic mass is 10.4. The van der Waals surface area contributed by atoms with Gasteiger partial charge < -0.3 is 20.7 Å². The molecule has 0 aromatic heterocycles. The standard InChI is InChI=1S/C12H26N4O2/c1-4-7-14-11(17)10-16-12(13-5-2)15-8-9-18-6-3/h4-10H2,1-3H3,(H,14,17)(H2,13,15,16). The number of carbonyl (C=O) groups is 1. The number of rotatable bonds is 9. The first-order chi connectivity index (χ1) is 8.74. The van der Waals surface area contributed by atoms with Crippen LogP contribution in [0.5, 0.6) is 0 Å². The Morgan fingerprint density at radius 2 is 1.89 bits per heavy atom. The number of ether oxygens (including phenoxy) is 1. The zero-order valence-corrected chi connectivity index (χ0v) is 11.7. The Morgan fingerprint density at radius 3 is 2.50 bits per heavy atom. The number of hydrogen-bond acceptors (Lipinski definition) is 3. The molecule has 0 atom stereocenters. The van der Waals surface area contributed by atoms with E-state index in [4.69, 9.17) is 4.74 Å². The predicted octanol–water partition coefficient (Wildman–Crippen LogP) is 0.104. The molecule has 0 saturated heterocycles. The van der Waals surface area contributed by atoms with Gasteiger partial charge in [0.05, 0.1) is 6.61 Å². The molecule has 18 heavy (non-hydrogen) atoms. The van der Waals surface area contributed by atoms with Crippen molar-refractivity contribution in [2.45, 2.75) is 27.2 Å². The van der Waals surface area contributed by atoms with Crippen LogP contribution in [0.2, 0.25) is 0 Å². The molecule has 6 heteroatoms. The van der Waals surface area contributed by atoms with Crippen molar-refractivity contribution in [2.24, 2.45) is 4.99 Å². The molecule has 0 unspecified atom stereocenters. The fraction of sp³-hybridized carbons (Fsp3) is 0.833. The summed E-state index contributed by atoms with van der Waals surface area (Å²) >= 11 is 0. The molecule has 0 aromatic carbocycles. The van der Waals surface area contributed by atoms with Gasteiger partial charge in [-0.05, 0) is 20.3 Å². The maximum atomic E-state index is 11.4. The van der Waals surface area contributed by atoms with Crippen molar-refractivity contribution in [1.82, 2.24) is 16.0 Å². The van der Waals surface area contributed by atoms with Crippen LogP contribution >= 0.6 is 0 Å². The quantitative estimate of drug-likeness (QED) is 0.312. The second-order valence-corrected chi connectivity index (χ2v) is 3.67. The Morgan fingerprint density at radius 1 is 1.11 bits per heavy atom. The molecule has 0 fully saturated rings. The molecule has 0 heterocycles. The fourth-order valence-electron chi connectivity index (χ4n) is 1.20. The predicted molar refractivity (Wildman–Crippen MR) is 73.8 cm³/mol. The lowest BCUT2D eigenvalue weighted by Crippen LogP contribution is -2.40. The highest BCUT2D eigenvalue weighted by molar-refractivity contribution is 5.84. The lowest BCUT2D eigenvalue weighted by Gasteiger charge is -2.11. The van der Waals surface area contributed by atoms with Crippen LogP contribution < -0.4 is 16.0 Å². The summed E-state index contributed by atoms with van der Waals surface area (Å²) in [6.45, 7) is 9.56. The van der Waals surface area contributed by atoms with Crippen molar-refractivity contribution in [3.05, 3.63) is 0 Å². The highest BCUT2D eigenvalue weighted by Gasteiger charge is 2.00. The van der Waals surface area contributed by atoms with Gasteiger partial charge in [-0.1, -0.05) is 6.92 Å². The second-order valence-electron chi connectivity index (χ2n) is 3.67. The summed E-state index contributed by atoms with van der Waals surface area (Å²) in [6.07, 6.45) is 0.933. The molecule has 0 aliphatic heterocycles. The first-order valence-electron chi connectivity index (χ1n) is 6.61. The third-order valence-corrected chi connectivity index (χ3v) is 2.04. The van der Waals surface area contributed by atoms with Gasteiger partial charge in [0.2, 0.25) is 5.91 Å². The van der Waals surface area contributed by atoms with Crippen molar-refractivity contribution in [3.63, 3.8) is 0 Å². The number of hydrogen-bond donors (Lipinski definition) is 3. The van der Waals surface area contributed by atoms with Crippen molar-refractivity contribution in [3.8, 4) is 0 Å². The van der Waals surface area contributed by atoms with Crippen LogP contribution in [0.3, 0.4) is 0 Å². The SMILES string of the molecule is CCCNC(=O)CN=C(NCC)NCCOCC. The van der Waals surface area contributed by atoms with Crippen LogP contribution in [0.4, 0.5) is 0 Å². The Balaban J connectivity index is 3.94. The maximum absolute atomic E-state index is 11.4. The summed E-state index contributed by atoms with van der Waals surface area (Å²) in [5.74, 6) is 0.586. The Kier molecular flexibility index (Phi) is 11.3. The topological polar surface area (TPSA) is 74.8 Å². The van der Waals surface area contributed by atoms with E-state index in [0.717, 1.165) is 13.0 Å². The number of nitrogens with zero attached hydrogens (tertiary/aromatic N) is 1. The molecule has 0 spiro atoms. The molecule has 6 nitrogen and oxygen atoms in total. The molecule has 0 radical (unpaired) electrons. The number of guanidine groups is 1. The molecule has 0 rings (SSSR count). The molecule has 0 saturated carbocycles. The molecule has 106 valence electrons. The van der Waals surface area contributed by atoms with E-state index in [-0.39, 0.29) is 12.5 Å². The smallest absolute Gasteiger partial charge is 0.241 e. The van der Waals surface area contributed by atoms with Crippen LogP contribution in [0, 0.1) is 0 Å². The van der Waals surface area contributed by atoms with E-state index in [1.165, 1.54) is 0 Å². The third kappa shape index (κ3) is 9.89. The van der Waals surface area contributed by atoms with Gasteiger partial charge >= 0.3 is 0 Å². The molecule has 1 amide bonds. The fourth-order valence-corrected chi connectivity index (χ4v) is 1.20. The van der Waals surface area contributed by atoms with Crippen LogP contribution in [0.1, 0.15) is 27.2 Å². The van der Waals surface area contributed by atoms with E-state index in [9.17, 15) is 4.79 Å². The highest BCUT2D eigenvalue weighted by Crippen LogP contribution is 1.78. The van der Waals surface area contributed by atoms with Crippen LogP contribution in [-0.2, 0) is 9.53 Å². The van der Waals surface area contributed by atoms with E-state index in [1.54, 1.807) is 0 Å². The minimum Gasteiger partial charge on any atom is -0.380 e. The molecule has 0 aliphatic rings. The van der Waals surface area contributed by atoms with Crippen molar-refractivity contribution in [2.75, 3.05) is 39.4 Å².